The first kappa shape index (κ1) is 34.8. The summed E-state index contributed by atoms with van der Waals surface area (Å²) in [5.41, 5.74) is 0. The van der Waals surface area contributed by atoms with Crippen LogP contribution in [0.1, 0.15) is 33.6 Å². The van der Waals surface area contributed by atoms with E-state index in [0.717, 1.165) is 4.90 Å². The van der Waals surface area contributed by atoms with E-state index in [0.29, 0.717) is 59.1 Å². The fraction of sp³-hybridized carbons (Fsp3) is 0.692. The van der Waals surface area contributed by atoms with E-state index in [9.17, 15) is 28.8 Å². The van der Waals surface area contributed by atoms with E-state index >= 15 is 0 Å². The Bertz CT molecular complexity index is 846. The van der Waals surface area contributed by atoms with E-state index in [1.54, 1.807) is 20.8 Å². The molecular weight excluding hydrogens is 528 g/mol. The highest BCUT2D eigenvalue weighted by atomic mass is 16.6. The normalized spacial score (nSPS) is 14.3. The van der Waals surface area contributed by atoms with E-state index in [-0.39, 0.29) is 43.7 Å². The molecular formula is C26H42N4O10. The molecule has 2 atom stereocenters. The number of nitrogens with one attached hydrogen (secondary N) is 3. The molecule has 0 aromatic rings. The number of imide groups is 1. The van der Waals surface area contributed by atoms with Crippen LogP contribution in [0.4, 0.5) is 0 Å². The Morgan fingerprint density at radius 2 is 1.30 bits per heavy atom. The van der Waals surface area contributed by atoms with Crippen LogP contribution in [0.5, 0.6) is 0 Å². The first-order valence-electron chi connectivity index (χ1n) is 13.3. The van der Waals surface area contributed by atoms with Gasteiger partial charge in [-0.2, -0.15) is 0 Å². The number of aldehydes is 1. The summed E-state index contributed by atoms with van der Waals surface area (Å²) in [6.45, 7) is 8.06. The lowest BCUT2D eigenvalue weighted by Crippen LogP contribution is -2.52. The number of carbonyl (C=O) groups is 6. The number of carbonyl (C=O) groups excluding carboxylic acids is 6. The van der Waals surface area contributed by atoms with Crippen molar-refractivity contribution in [3.63, 3.8) is 0 Å². The fourth-order valence-corrected chi connectivity index (χ4v) is 3.27. The van der Waals surface area contributed by atoms with Gasteiger partial charge in [-0.15, -0.1) is 0 Å². The fourth-order valence-electron chi connectivity index (χ4n) is 3.27. The van der Waals surface area contributed by atoms with Gasteiger partial charge in [-0.3, -0.25) is 28.9 Å². The van der Waals surface area contributed by atoms with Crippen molar-refractivity contribution in [1.82, 2.24) is 20.9 Å². The molecule has 5 amide bonds. The van der Waals surface area contributed by atoms with Gasteiger partial charge in [0, 0.05) is 38.1 Å². The van der Waals surface area contributed by atoms with Gasteiger partial charge in [0.2, 0.25) is 17.7 Å². The summed E-state index contributed by atoms with van der Waals surface area (Å²) >= 11 is 0. The van der Waals surface area contributed by atoms with Crippen molar-refractivity contribution < 1.29 is 47.7 Å². The van der Waals surface area contributed by atoms with E-state index in [2.05, 4.69) is 16.0 Å². The second kappa shape index (κ2) is 20.7. The minimum absolute atomic E-state index is 0.0329. The van der Waals surface area contributed by atoms with Gasteiger partial charge in [-0.1, -0.05) is 13.8 Å². The zero-order valence-corrected chi connectivity index (χ0v) is 23.5. The molecule has 14 nitrogen and oxygen atoms in total. The average Bonchev–Trinajstić information content (AvgIpc) is 3.24. The van der Waals surface area contributed by atoms with Crippen molar-refractivity contribution in [2.75, 3.05) is 65.9 Å². The highest BCUT2D eigenvalue weighted by Gasteiger charge is 2.25. The standard InChI is InChI=1S/C26H42N4O10/c1-19(2)25(26(36)28-20(3)18-31)29-22(33)7-10-37-12-14-39-16-17-40-15-13-38-11-8-27-21(32)6-9-30-23(34)4-5-24(30)35/h4-5,18-20,25H,6-17H2,1-3H3,(H,27,32)(H,28,36)(H,29,33)/t20-,25?/m0/s1. The maximum absolute atomic E-state index is 12.2. The summed E-state index contributed by atoms with van der Waals surface area (Å²) < 4.78 is 21.5. The summed E-state index contributed by atoms with van der Waals surface area (Å²) in [6, 6.07) is -1.36. The molecule has 3 N–H and O–H groups in total. The van der Waals surface area contributed by atoms with Crippen LogP contribution < -0.4 is 16.0 Å². The predicted octanol–water partition coefficient (Wildman–Crippen LogP) is -1.28. The third-order valence-electron chi connectivity index (χ3n) is 5.46. The first-order valence-corrected chi connectivity index (χ1v) is 13.3. The second-order valence-electron chi connectivity index (χ2n) is 9.18. The number of nitrogens with zero attached hydrogens (tertiary/aromatic N) is 1. The molecule has 226 valence electrons. The molecule has 1 unspecified atom stereocenters. The Morgan fingerprint density at radius 1 is 0.775 bits per heavy atom. The minimum Gasteiger partial charge on any atom is -0.379 e. The molecule has 0 spiro atoms. The predicted molar refractivity (Wildman–Crippen MR) is 142 cm³/mol. The zero-order valence-electron chi connectivity index (χ0n) is 23.5. The molecule has 0 aromatic carbocycles. The summed E-state index contributed by atoms with van der Waals surface area (Å²) in [6.07, 6.45) is 3.10. The molecule has 40 heavy (non-hydrogen) atoms. The number of amides is 5. The molecule has 0 bridgehead atoms. The highest BCUT2D eigenvalue weighted by Crippen LogP contribution is 2.04. The van der Waals surface area contributed by atoms with Crippen molar-refractivity contribution in [3.8, 4) is 0 Å². The van der Waals surface area contributed by atoms with Gasteiger partial charge in [0.25, 0.3) is 11.8 Å². The van der Waals surface area contributed by atoms with Gasteiger partial charge >= 0.3 is 0 Å². The zero-order chi connectivity index (χ0) is 29.8. The smallest absolute Gasteiger partial charge is 0.253 e. The molecule has 1 heterocycles. The van der Waals surface area contributed by atoms with Crippen LogP contribution in [0.25, 0.3) is 0 Å². The molecule has 0 radical (unpaired) electrons. The number of hydrogen-bond acceptors (Lipinski definition) is 10. The van der Waals surface area contributed by atoms with Gasteiger partial charge in [0.05, 0.1) is 58.9 Å². The lowest BCUT2D eigenvalue weighted by Gasteiger charge is -2.22. The van der Waals surface area contributed by atoms with Crippen molar-refractivity contribution in [1.29, 1.82) is 0 Å². The van der Waals surface area contributed by atoms with Crippen LogP contribution in [-0.2, 0) is 47.7 Å². The third kappa shape index (κ3) is 15.4. The van der Waals surface area contributed by atoms with Crippen LogP contribution in [-0.4, -0.2) is 119 Å². The Hall–Kier alpha value is -3.20. The summed E-state index contributed by atoms with van der Waals surface area (Å²) in [5, 5.41) is 7.85. The molecule has 14 heteroatoms. The minimum atomic E-state index is -0.736. The van der Waals surface area contributed by atoms with E-state index in [1.165, 1.54) is 12.2 Å². The number of hydrogen-bond donors (Lipinski definition) is 3. The maximum atomic E-state index is 12.2. The van der Waals surface area contributed by atoms with Crippen LogP contribution in [0.2, 0.25) is 0 Å². The molecule has 1 rings (SSSR count). The van der Waals surface area contributed by atoms with Crippen molar-refractivity contribution in [2.24, 2.45) is 5.92 Å². The van der Waals surface area contributed by atoms with Crippen molar-refractivity contribution in [3.05, 3.63) is 12.2 Å². The van der Waals surface area contributed by atoms with Crippen LogP contribution in [0.3, 0.4) is 0 Å². The molecule has 0 fully saturated rings. The van der Waals surface area contributed by atoms with Crippen molar-refractivity contribution >= 4 is 35.8 Å². The second-order valence-corrected chi connectivity index (χ2v) is 9.18. The molecule has 0 aromatic heterocycles. The van der Waals surface area contributed by atoms with Gasteiger partial charge in [0.15, 0.2) is 0 Å². The Balaban J connectivity index is 1.91. The van der Waals surface area contributed by atoms with Crippen LogP contribution >= 0.6 is 0 Å². The van der Waals surface area contributed by atoms with E-state index in [4.69, 9.17) is 18.9 Å². The largest absolute Gasteiger partial charge is 0.379 e. The first-order chi connectivity index (χ1) is 19.1. The molecule has 0 saturated heterocycles. The van der Waals surface area contributed by atoms with Crippen LogP contribution in [0.15, 0.2) is 12.2 Å². The molecule has 0 aliphatic carbocycles. The Kier molecular flexibility index (Phi) is 18.0. The lowest BCUT2D eigenvalue weighted by atomic mass is 10.0. The van der Waals surface area contributed by atoms with Gasteiger partial charge in [0.1, 0.15) is 12.3 Å². The maximum Gasteiger partial charge on any atom is 0.253 e. The number of rotatable bonds is 23. The molecule has 1 aliphatic rings. The molecule has 1 aliphatic heterocycles. The Labute approximate surface area is 234 Å². The van der Waals surface area contributed by atoms with Crippen molar-refractivity contribution in [2.45, 2.75) is 45.7 Å². The summed E-state index contributed by atoms with van der Waals surface area (Å²) in [7, 11) is 0. The summed E-state index contributed by atoms with van der Waals surface area (Å²) in [4.78, 5) is 70.6. The highest BCUT2D eigenvalue weighted by molar-refractivity contribution is 6.13. The molecule has 0 saturated carbocycles. The van der Waals surface area contributed by atoms with Gasteiger partial charge < -0.3 is 39.7 Å². The number of ether oxygens (including phenoxy) is 4. The summed E-state index contributed by atoms with van der Waals surface area (Å²) in [5.74, 6) is -1.97. The monoisotopic (exact) mass is 570 g/mol. The topological polar surface area (TPSA) is 179 Å². The third-order valence-corrected chi connectivity index (χ3v) is 5.46. The average molecular weight is 571 g/mol. The van der Waals surface area contributed by atoms with E-state index < -0.39 is 29.8 Å². The Morgan fingerprint density at radius 3 is 1.82 bits per heavy atom. The SMILES string of the molecule is CC(C)C(NC(=O)CCOCCOCCOCCOCCNC(=O)CCN1C(=O)C=CC1=O)C(=O)N[C@@H](C)C=O. The lowest BCUT2D eigenvalue weighted by molar-refractivity contribution is -0.137. The van der Waals surface area contributed by atoms with E-state index in [1.807, 2.05) is 0 Å². The quantitative estimate of drug-likeness (QED) is 0.0761. The van der Waals surface area contributed by atoms with Gasteiger partial charge in [-0.05, 0) is 12.8 Å². The van der Waals surface area contributed by atoms with Crippen LogP contribution in [0, 0.1) is 5.92 Å². The van der Waals surface area contributed by atoms with Gasteiger partial charge in [-0.25, -0.2) is 0 Å².